The second-order valence-electron chi connectivity index (χ2n) is 5.01. The first-order valence-corrected chi connectivity index (χ1v) is 6.00. The fraction of sp³-hybridized carbons (Fsp3) is 0.400. The molecule has 0 amide bonds. The third kappa shape index (κ3) is 2.41. The number of hydrogen-bond donors (Lipinski definition) is 0. The molecule has 1 heteroatoms. The van der Waals surface area contributed by atoms with E-state index in [2.05, 4.69) is 50.0 Å². The van der Waals surface area contributed by atoms with Crippen LogP contribution in [0.15, 0.2) is 36.7 Å². The van der Waals surface area contributed by atoms with Crippen LogP contribution in [0.3, 0.4) is 0 Å². The molecule has 1 unspecified atom stereocenters. The van der Waals surface area contributed by atoms with Crippen LogP contribution in [0.25, 0.3) is 10.8 Å². The topological polar surface area (TPSA) is 12.9 Å². The van der Waals surface area contributed by atoms with Crippen molar-refractivity contribution < 1.29 is 0 Å². The molecule has 0 N–H and O–H groups in total. The zero-order chi connectivity index (χ0) is 11.5. The lowest BCUT2D eigenvalue weighted by atomic mass is 9.91. The van der Waals surface area contributed by atoms with E-state index >= 15 is 0 Å². The van der Waals surface area contributed by atoms with Gasteiger partial charge in [0.2, 0.25) is 0 Å². The lowest BCUT2D eigenvalue weighted by Crippen LogP contribution is -1.98. The molecule has 1 atom stereocenters. The maximum atomic E-state index is 4.14. The van der Waals surface area contributed by atoms with Crippen molar-refractivity contribution in [2.75, 3.05) is 0 Å². The van der Waals surface area contributed by atoms with Crippen LogP contribution < -0.4 is 0 Å². The molecule has 1 heterocycles. The number of aromatic nitrogens is 1. The number of fused-ring (bicyclic) bond motifs is 1. The Kier molecular flexibility index (Phi) is 3.23. The highest BCUT2D eigenvalue weighted by Gasteiger charge is 2.08. The van der Waals surface area contributed by atoms with Crippen molar-refractivity contribution in [1.29, 1.82) is 0 Å². The molecule has 84 valence electrons. The smallest absolute Gasteiger partial charge is 0.0346 e. The molecular formula is C15H19N. The Morgan fingerprint density at radius 3 is 2.62 bits per heavy atom. The summed E-state index contributed by atoms with van der Waals surface area (Å²) in [4.78, 5) is 4.14. The van der Waals surface area contributed by atoms with E-state index in [1.807, 2.05) is 12.4 Å². The van der Waals surface area contributed by atoms with Crippen LogP contribution in [0, 0.1) is 5.92 Å². The van der Waals surface area contributed by atoms with Crippen molar-refractivity contribution in [2.45, 2.75) is 33.1 Å². The highest BCUT2D eigenvalue weighted by molar-refractivity contribution is 5.82. The van der Waals surface area contributed by atoms with Gasteiger partial charge in [0.15, 0.2) is 0 Å². The third-order valence-electron chi connectivity index (χ3n) is 3.06. The monoisotopic (exact) mass is 213 g/mol. The molecule has 0 aliphatic heterocycles. The minimum absolute atomic E-state index is 0.637. The molecule has 2 aromatic rings. The van der Waals surface area contributed by atoms with Gasteiger partial charge in [-0.05, 0) is 35.3 Å². The number of rotatable bonds is 3. The number of pyridine rings is 1. The van der Waals surface area contributed by atoms with Gasteiger partial charge in [0.25, 0.3) is 0 Å². The van der Waals surface area contributed by atoms with Gasteiger partial charge in [-0.3, -0.25) is 4.98 Å². The molecule has 1 aromatic heterocycles. The quantitative estimate of drug-likeness (QED) is 0.737. The van der Waals surface area contributed by atoms with E-state index in [-0.39, 0.29) is 0 Å². The van der Waals surface area contributed by atoms with Crippen LogP contribution in [0.5, 0.6) is 0 Å². The predicted octanol–water partition coefficient (Wildman–Crippen LogP) is 4.38. The van der Waals surface area contributed by atoms with E-state index in [0.717, 1.165) is 5.92 Å². The van der Waals surface area contributed by atoms with Gasteiger partial charge in [-0.15, -0.1) is 0 Å². The highest BCUT2D eigenvalue weighted by atomic mass is 14.6. The van der Waals surface area contributed by atoms with Gasteiger partial charge < -0.3 is 0 Å². The van der Waals surface area contributed by atoms with E-state index < -0.39 is 0 Å². The molecule has 1 aromatic carbocycles. The Morgan fingerprint density at radius 1 is 1.06 bits per heavy atom. The molecule has 0 aliphatic carbocycles. The summed E-state index contributed by atoms with van der Waals surface area (Å²) < 4.78 is 0. The van der Waals surface area contributed by atoms with Gasteiger partial charge in [0, 0.05) is 17.8 Å². The summed E-state index contributed by atoms with van der Waals surface area (Å²) in [6.45, 7) is 6.87. The first kappa shape index (κ1) is 11.1. The van der Waals surface area contributed by atoms with Gasteiger partial charge in [0.05, 0.1) is 0 Å². The summed E-state index contributed by atoms with van der Waals surface area (Å²) in [7, 11) is 0. The number of nitrogens with zero attached hydrogens (tertiary/aromatic N) is 1. The average Bonchev–Trinajstić information content (AvgIpc) is 2.27. The lowest BCUT2D eigenvalue weighted by Gasteiger charge is -2.14. The lowest BCUT2D eigenvalue weighted by molar-refractivity contribution is 0.524. The molecular weight excluding hydrogens is 194 g/mol. The van der Waals surface area contributed by atoms with Crippen molar-refractivity contribution >= 4 is 10.8 Å². The largest absolute Gasteiger partial charge is 0.264 e. The molecule has 1 nitrogen and oxygen atoms in total. The van der Waals surface area contributed by atoms with Crippen LogP contribution in [0.2, 0.25) is 0 Å². The highest BCUT2D eigenvalue weighted by Crippen LogP contribution is 2.25. The van der Waals surface area contributed by atoms with Crippen LogP contribution in [-0.2, 0) is 0 Å². The van der Waals surface area contributed by atoms with Crippen LogP contribution in [0.1, 0.15) is 38.7 Å². The maximum absolute atomic E-state index is 4.14. The maximum Gasteiger partial charge on any atom is 0.0346 e. The summed E-state index contributed by atoms with van der Waals surface area (Å²) in [5, 5.41) is 2.52. The molecule has 0 saturated heterocycles. The second kappa shape index (κ2) is 4.65. The SMILES string of the molecule is CC(C)CC(C)c1ccc2cnccc2c1. The average molecular weight is 213 g/mol. The van der Waals surface area contributed by atoms with Gasteiger partial charge in [-0.25, -0.2) is 0 Å². The number of benzene rings is 1. The summed E-state index contributed by atoms with van der Waals surface area (Å²) in [6.07, 6.45) is 5.03. The molecule has 0 saturated carbocycles. The minimum Gasteiger partial charge on any atom is -0.264 e. The normalized spacial score (nSPS) is 13.2. The van der Waals surface area contributed by atoms with Gasteiger partial charge in [0.1, 0.15) is 0 Å². The molecule has 0 radical (unpaired) electrons. The summed E-state index contributed by atoms with van der Waals surface area (Å²) in [5.74, 6) is 1.39. The van der Waals surface area contributed by atoms with E-state index in [0.29, 0.717) is 5.92 Å². The van der Waals surface area contributed by atoms with Crippen molar-refractivity contribution in [3.8, 4) is 0 Å². The van der Waals surface area contributed by atoms with Crippen molar-refractivity contribution in [3.05, 3.63) is 42.2 Å². The predicted molar refractivity (Wildman–Crippen MR) is 69.6 cm³/mol. The van der Waals surface area contributed by atoms with Crippen LogP contribution >= 0.6 is 0 Å². The molecule has 0 spiro atoms. The second-order valence-corrected chi connectivity index (χ2v) is 5.01. The summed E-state index contributed by atoms with van der Waals surface area (Å²) in [6, 6.07) is 8.79. The van der Waals surface area contributed by atoms with Gasteiger partial charge in [-0.2, -0.15) is 0 Å². The van der Waals surface area contributed by atoms with Gasteiger partial charge in [-0.1, -0.05) is 39.0 Å². The van der Waals surface area contributed by atoms with Crippen LogP contribution in [-0.4, -0.2) is 4.98 Å². The van der Waals surface area contributed by atoms with E-state index in [9.17, 15) is 0 Å². The summed E-state index contributed by atoms with van der Waals surface area (Å²) in [5.41, 5.74) is 1.44. The first-order chi connectivity index (χ1) is 7.66. The van der Waals surface area contributed by atoms with Gasteiger partial charge >= 0.3 is 0 Å². The molecule has 0 aliphatic rings. The zero-order valence-electron chi connectivity index (χ0n) is 10.3. The Morgan fingerprint density at radius 2 is 1.88 bits per heavy atom. The molecule has 0 fully saturated rings. The number of hydrogen-bond acceptors (Lipinski definition) is 1. The first-order valence-electron chi connectivity index (χ1n) is 6.00. The molecule has 0 bridgehead atoms. The minimum atomic E-state index is 0.637. The standard InChI is InChI=1S/C15H19N/c1-11(2)8-12(3)13-4-5-15-10-16-7-6-14(15)9-13/h4-7,9-12H,8H2,1-3H3. The Labute approximate surface area is 97.5 Å². The van der Waals surface area contributed by atoms with Crippen molar-refractivity contribution in [1.82, 2.24) is 4.98 Å². The third-order valence-corrected chi connectivity index (χ3v) is 3.06. The van der Waals surface area contributed by atoms with Crippen LogP contribution in [0.4, 0.5) is 0 Å². The van der Waals surface area contributed by atoms with Crippen molar-refractivity contribution in [3.63, 3.8) is 0 Å². The Hall–Kier alpha value is -1.37. The summed E-state index contributed by atoms with van der Waals surface area (Å²) >= 11 is 0. The Balaban J connectivity index is 2.32. The fourth-order valence-corrected chi connectivity index (χ4v) is 2.25. The van der Waals surface area contributed by atoms with E-state index in [1.165, 1.54) is 22.8 Å². The zero-order valence-corrected chi connectivity index (χ0v) is 10.3. The molecule has 2 rings (SSSR count). The van der Waals surface area contributed by atoms with Crippen molar-refractivity contribution in [2.24, 2.45) is 5.92 Å². The fourth-order valence-electron chi connectivity index (χ4n) is 2.25. The van der Waals surface area contributed by atoms with E-state index in [4.69, 9.17) is 0 Å². The van der Waals surface area contributed by atoms with E-state index in [1.54, 1.807) is 0 Å². The molecule has 16 heavy (non-hydrogen) atoms. The Bertz CT molecular complexity index is 474.